The Morgan fingerprint density at radius 1 is 1.47 bits per heavy atom. The van der Waals surface area contributed by atoms with E-state index in [1.807, 2.05) is 6.92 Å². The lowest BCUT2D eigenvalue weighted by Crippen LogP contribution is -2.46. The van der Waals surface area contributed by atoms with E-state index in [0.717, 1.165) is 25.7 Å². The molecule has 0 aromatic heterocycles. The number of aliphatic carboxylic acids is 1. The third-order valence-electron chi connectivity index (χ3n) is 2.87. The number of carbonyl (C=O) groups excluding carboxylic acids is 1. The summed E-state index contributed by atoms with van der Waals surface area (Å²) in [5.74, 6) is -1.17. The maximum atomic E-state index is 11.9. The number of nitrogens with zero attached hydrogens (tertiary/aromatic N) is 1. The second-order valence-corrected chi connectivity index (χ2v) is 4.45. The largest absolute Gasteiger partial charge is 0.480 e. The molecule has 0 radical (unpaired) electrons. The zero-order valence-electron chi connectivity index (χ0n) is 10.5. The van der Waals surface area contributed by atoms with Gasteiger partial charge in [0, 0.05) is 12.6 Å². The van der Waals surface area contributed by atoms with Crippen molar-refractivity contribution < 1.29 is 19.4 Å². The molecular weight excluding hydrogens is 222 g/mol. The second-order valence-electron chi connectivity index (χ2n) is 4.45. The predicted octanol–water partition coefficient (Wildman–Crippen LogP) is 1.27. The Hall–Kier alpha value is -1.10. The molecule has 5 nitrogen and oxygen atoms in total. The summed E-state index contributed by atoms with van der Waals surface area (Å²) in [4.78, 5) is 24.2. The highest BCUT2D eigenvalue weighted by Gasteiger charge is 2.38. The quantitative estimate of drug-likeness (QED) is 0.652. The van der Waals surface area contributed by atoms with Gasteiger partial charge in [-0.15, -0.1) is 0 Å². The average molecular weight is 243 g/mol. The fraction of sp³-hybridized carbons (Fsp3) is 0.833. The highest BCUT2D eigenvalue weighted by atomic mass is 16.5. The van der Waals surface area contributed by atoms with Gasteiger partial charge in [-0.25, -0.2) is 4.79 Å². The summed E-state index contributed by atoms with van der Waals surface area (Å²) in [5.41, 5.74) is 0. The van der Waals surface area contributed by atoms with Gasteiger partial charge in [-0.3, -0.25) is 4.79 Å². The Morgan fingerprint density at radius 3 is 2.59 bits per heavy atom. The molecule has 1 aliphatic rings. The molecule has 1 aliphatic carbocycles. The molecule has 0 aromatic rings. The van der Waals surface area contributed by atoms with E-state index in [1.54, 1.807) is 6.92 Å². The maximum Gasteiger partial charge on any atom is 0.326 e. The van der Waals surface area contributed by atoms with E-state index in [4.69, 9.17) is 9.84 Å². The molecule has 1 amide bonds. The molecule has 0 aromatic carbocycles. The third kappa shape index (κ3) is 4.34. The van der Waals surface area contributed by atoms with Gasteiger partial charge in [-0.05, 0) is 26.2 Å². The number of rotatable bonds is 8. The Morgan fingerprint density at radius 2 is 2.12 bits per heavy atom. The highest BCUT2D eigenvalue weighted by molar-refractivity contribution is 5.84. The van der Waals surface area contributed by atoms with Crippen LogP contribution < -0.4 is 0 Å². The summed E-state index contributed by atoms with van der Waals surface area (Å²) in [6.07, 6.45) is 3.74. The fourth-order valence-electron chi connectivity index (χ4n) is 1.69. The van der Waals surface area contributed by atoms with Crippen molar-refractivity contribution >= 4 is 11.9 Å². The molecular formula is C12H21NO4. The Balaban J connectivity index is 2.41. The van der Waals surface area contributed by atoms with Gasteiger partial charge < -0.3 is 14.7 Å². The first-order valence-corrected chi connectivity index (χ1v) is 6.19. The molecule has 0 bridgehead atoms. The van der Waals surface area contributed by atoms with Crippen LogP contribution in [0.3, 0.4) is 0 Å². The number of hydrogen-bond donors (Lipinski definition) is 1. The van der Waals surface area contributed by atoms with E-state index in [9.17, 15) is 9.59 Å². The van der Waals surface area contributed by atoms with Crippen molar-refractivity contribution in [1.29, 1.82) is 0 Å². The minimum Gasteiger partial charge on any atom is -0.480 e. The van der Waals surface area contributed by atoms with Crippen LogP contribution in [-0.4, -0.2) is 47.2 Å². The van der Waals surface area contributed by atoms with Crippen LogP contribution in [0.15, 0.2) is 0 Å². The van der Waals surface area contributed by atoms with Crippen LogP contribution in [0.25, 0.3) is 0 Å². The van der Waals surface area contributed by atoms with Gasteiger partial charge in [0.15, 0.2) is 0 Å². The van der Waals surface area contributed by atoms with Crippen molar-refractivity contribution in [3.8, 4) is 0 Å². The van der Waals surface area contributed by atoms with Gasteiger partial charge in [0.25, 0.3) is 0 Å². The van der Waals surface area contributed by atoms with Crippen molar-refractivity contribution in [2.75, 3.05) is 13.2 Å². The van der Waals surface area contributed by atoms with Crippen LogP contribution in [-0.2, 0) is 14.3 Å². The van der Waals surface area contributed by atoms with Gasteiger partial charge in [0.1, 0.15) is 12.6 Å². The van der Waals surface area contributed by atoms with Crippen LogP contribution in [0.2, 0.25) is 0 Å². The number of carbonyl (C=O) groups is 2. The molecule has 1 unspecified atom stereocenters. The standard InChI is InChI=1S/C12H21NO4/c1-3-4-7-17-8-11(14)13(10-5-6-10)9(2)12(15)16/h9-10H,3-8H2,1-2H3,(H,15,16). The number of amides is 1. The Bertz CT molecular complexity index is 276. The molecule has 0 saturated heterocycles. The summed E-state index contributed by atoms with van der Waals surface area (Å²) >= 11 is 0. The molecule has 17 heavy (non-hydrogen) atoms. The van der Waals surface area contributed by atoms with Crippen molar-refractivity contribution in [2.24, 2.45) is 0 Å². The smallest absolute Gasteiger partial charge is 0.326 e. The van der Waals surface area contributed by atoms with E-state index >= 15 is 0 Å². The first kappa shape index (κ1) is 14.0. The second kappa shape index (κ2) is 6.59. The molecule has 1 saturated carbocycles. The van der Waals surface area contributed by atoms with Crippen LogP contribution in [0, 0.1) is 0 Å². The fourth-order valence-corrected chi connectivity index (χ4v) is 1.69. The first-order chi connectivity index (χ1) is 8.07. The van der Waals surface area contributed by atoms with Crippen LogP contribution in [0.4, 0.5) is 0 Å². The molecule has 98 valence electrons. The average Bonchev–Trinajstić information content (AvgIpc) is 3.09. The van der Waals surface area contributed by atoms with Gasteiger partial charge in [-0.1, -0.05) is 13.3 Å². The maximum absolute atomic E-state index is 11.9. The minimum absolute atomic E-state index is 0.00583. The van der Waals surface area contributed by atoms with Gasteiger partial charge in [-0.2, -0.15) is 0 Å². The zero-order valence-corrected chi connectivity index (χ0v) is 10.5. The number of unbranched alkanes of at least 4 members (excludes halogenated alkanes) is 1. The third-order valence-corrected chi connectivity index (χ3v) is 2.87. The first-order valence-electron chi connectivity index (χ1n) is 6.19. The van der Waals surface area contributed by atoms with E-state index < -0.39 is 12.0 Å². The van der Waals surface area contributed by atoms with Crippen LogP contribution in [0.5, 0.6) is 0 Å². The van der Waals surface area contributed by atoms with Crippen LogP contribution >= 0.6 is 0 Å². The van der Waals surface area contributed by atoms with E-state index in [0.29, 0.717) is 6.61 Å². The van der Waals surface area contributed by atoms with E-state index in [-0.39, 0.29) is 18.6 Å². The summed E-state index contributed by atoms with van der Waals surface area (Å²) < 4.78 is 5.24. The van der Waals surface area contributed by atoms with E-state index in [1.165, 1.54) is 4.90 Å². The van der Waals surface area contributed by atoms with Gasteiger partial charge >= 0.3 is 5.97 Å². The number of carboxylic acid groups (broad SMARTS) is 1. The minimum atomic E-state index is -0.959. The monoisotopic (exact) mass is 243 g/mol. The van der Waals surface area contributed by atoms with Crippen molar-refractivity contribution in [3.05, 3.63) is 0 Å². The number of hydrogen-bond acceptors (Lipinski definition) is 3. The molecule has 1 rings (SSSR count). The lowest BCUT2D eigenvalue weighted by Gasteiger charge is -2.26. The molecule has 5 heteroatoms. The molecule has 1 fully saturated rings. The summed E-state index contributed by atoms with van der Waals surface area (Å²) in [5, 5.41) is 8.95. The van der Waals surface area contributed by atoms with Gasteiger partial charge in [0.2, 0.25) is 5.91 Å². The lowest BCUT2D eigenvalue weighted by atomic mass is 10.2. The van der Waals surface area contributed by atoms with Crippen molar-refractivity contribution in [1.82, 2.24) is 4.90 Å². The highest BCUT2D eigenvalue weighted by Crippen LogP contribution is 2.28. The summed E-state index contributed by atoms with van der Waals surface area (Å²) in [7, 11) is 0. The zero-order chi connectivity index (χ0) is 12.8. The van der Waals surface area contributed by atoms with Crippen LogP contribution in [0.1, 0.15) is 39.5 Å². The number of carboxylic acids is 1. The lowest BCUT2D eigenvalue weighted by molar-refractivity contribution is -0.152. The molecule has 0 heterocycles. The van der Waals surface area contributed by atoms with Crippen molar-refractivity contribution in [2.45, 2.75) is 51.6 Å². The molecule has 0 spiro atoms. The molecule has 1 atom stereocenters. The van der Waals surface area contributed by atoms with E-state index in [2.05, 4.69) is 0 Å². The predicted molar refractivity (Wildman–Crippen MR) is 62.7 cm³/mol. The normalized spacial score (nSPS) is 16.6. The summed E-state index contributed by atoms with van der Waals surface area (Å²) in [6.45, 7) is 4.15. The van der Waals surface area contributed by atoms with Gasteiger partial charge in [0.05, 0.1) is 0 Å². The Kier molecular flexibility index (Phi) is 5.41. The topological polar surface area (TPSA) is 66.8 Å². The van der Waals surface area contributed by atoms with Crippen molar-refractivity contribution in [3.63, 3.8) is 0 Å². The Labute approximate surface area is 102 Å². The summed E-state index contributed by atoms with van der Waals surface area (Å²) in [6, 6.07) is -0.659. The molecule has 1 N–H and O–H groups in total. The SMILES string of the molecule is CCCCOCC(=O)N(C1CC1)C(C)C(=O)O. The number of ether oxygens (including phenoxy) is 1. The molecule has 0 aliphatic heterocycles.